The molecule has 0 saturated heterocycles. The van der Waals surface area contributed by atoms with E-state index >= 15 is 0 Å². The molecule has 1 atom stereocenters. The van der Waals surface area contributed by atoms with Crippen molar-refractivity contribution in [2.45, 2.75) is 22.4 Å². The lowest BCUT2D eigenvalue weighted by Gasteiger charge is -2.11. The highest BCUT2D eigenvalue weighted by molar-refractivity contribution is 7.99. The summed E-state index contributed by atoms with van der Waals surface area (Å²) < 4.78 is 27.1. The normalized spacial score (nSPS) is 13.5. The molecule has 3 aromatic carbocycles. The molecular formula is C30H28Cl2N2O7S. The third-order valence-corrected chi connectivity index (χ3v) is 7.34. The highest BCUT2D eigenvalue weighted by Gasteiger charge is 2.20. The quantitative estimate of drug-likeness (QED) is 0.178. The molecule has 220 valence electrons. The van der Waals surface area contributed by atoms with Crippen LogP contribution in [-0.2, 0) is 11.4 Å². The molecule has 5 rings (SSSR count). The smallest absolute Gasteiger partial charge is 0.341 e. The van der Waals surface area contributed by atoms with E-state index in [0.29, 0.717) is 28.9 Å². The van der Waals surface area contributed by atoms with E-state index in [-0.39, 0.29) is 6.04 Å². The monoisotopic (exact) mass is 630 g/mol. The predicted molar refractivity (Wildman–Crippen MR) is 162 cm³/mol. The van der Waals surface area contributed by atoms with Crippen LogP contribution in [0.2, 0.25) is 10.0 Å². The van der Waals surface area contributed by atoms with Crippen LogP contribution in [0, 0.1) is 0 Å². The summed E-state index contributed by atoms with van der Waals surface area (Å²) in [5.74, 6) is 2.47. The van der Waals surface area contributed by atoms with E-state index in [1.165, 1.54) is 12.1 Å². The minimum atomic E-state index is -1.05. The molecule has 0 aliphatic carbocycles. The Kier molecular flexibility index (Phi) is 11.3. The van der Waals surface area contributed by atoms with Crippen molar-refractivity contribution >= 4 is 47.3 Å². The van der Waals surface area contributed by atoms with Crippen LogP contribution < -0.4 is 24.3 Å². The van der Waals surface area contributed by atoms with E-state index in [4.69, 9.17) is 51.7 Å². The fourth-order valence-electron chi connectivity index (χ4n) is 3.74. The Morgan fingerprint density at radius 1 is 1.00 bits per heavy atom. The van der Waals surface area contributed by atoms with Gasteiger partial charge in [-0.25, -0.2) is 4.79 Å². The second kappa shape index (κ2) is 15.3. The number of ether oxygens (including phenoxy) is 4. The summed E-state index contributed by atoms with van der Waals surface area (Å²) in [5, 5.41) is 12.3. The van der Waals surface area contributed by atoms with Gasteiger partial charge < -0.3 is 33.8 Å². The predicted octanol–water partition coefficient (Wildman–Crippen LogP) is 7.16. The largest absolute Gasteiger partial charge is 0.497 e. The number of carbonyl (C=O) groups is 1. The zero-order valence-corrected chi connectivity index (χ0v) is 25.0. The molecule has 42 heavy (non-hydrogen) atoms. The van der Waals surface area contributed by atoms with E-state index in [1.807, 2.05) is 48.5 Å². The summed E-state index contributed by atoms with van der Waals surface area (Å²) in [6, 6.07) is 20.4. The van der Waals surface area contributed by atoms with E-state index in [2.05, 4.69) is 10.3 Å². The minimum Gasteiger partial charge on any atom is -0.497 e. The number of carboxylic acids is 1. The Hall–Kier alpha value is -3.99. The van der Waals surface area contributed by atoms with Crippen molar-refractivity contribution in [1.82, 2.24) is 5.32 Å². The zero-order valence-electron chi connectivity index (χ0n) is 22.7. The average molecular weight is 632 g/mol. The van der Waals surface area contributed by atoms with E-state index in [1.54, 1.807) is 44.6 Å². The molecular weight excluding hydrogens is 603 g/mol. The number of nitrogens with zero attached hydrogens (tertiary/aromatic N) is 1. The average Bonchev–Trinajstić information content (AvgIpc) is 3.69. The van der Waals surface area contributed by atoms with Gasteiger partial charge in [-0.15, -0.1) is 0 Å². The summed E-state index contributed by atoms with van der Waals surface area (Å²) in [5.41, 5.74) is 0.981. The molecule has 0 spiro atoms. The van der Waals surface area contributed by atoms with Gasteiger partial charge in [0.05, 0.1) is 43.3 Å². The Morgan fingerprint density at radius 2 is 1.74 bits per heavy atom. The first-order valence-corrected chi connectivity index (χ1v) is 14.2. The summed E-state index contributed by atoms with van der Waals surface area (Å²) in [4.78, 5) is 16.6. The van der Waals surface area contributed by atoms with Gasteiger partial charge in [-0.1, -0.05) is 35.0 Å². The third kappa shape index (κ3) is 9.01. The fraction of sp³-hybridized carbons (Fsp3) is 0.200. The topological polar surface area (TPSA) is 112 Å². The number of hydrogen-bond donors (Lipinski definition) is 2. The Bertz CT molecular complexity index is 1480. The van der Waals surface area contributed by atoms with Crippen LogP contribution in [0.25, 0.3) is 0 Å². The Labute approximate surface area is 257 Å². The summed E-state index contributed by atoms with van der Waals surface area (Å²) in [7, 11) is 3.27. The number of nitrogens with one attached hydrogen (secondary N) is 1. The molecule has 1 aliphatic rings. The van der Waals surface area contributed by atoms with Crippen LogP contribution in [0.5, 0.6) is 23.0 Å². The molecule has 0 amide bonds. The van der Waals surface area contributed by atoms with Gasteiger partial charge in [0, 0.05) is 16.0 Å². The highest BCUT2D eigenvalue weighted by atomic mass is 35.5. The van der Waals surface area contributed by atoms with Gasteiger partial charge >= 0.3 is 5.97 Å². The number of aliphatic imine (C=N–C) groups is 1. The Balaban J connectivity index is 0.000000262. The van der Waals surface area contributed by atoms with Crippen LogP contribution in [0.3, 0.4) is 0 Å². The zero-order chi connectivity index (χ0) is 29.9. The van der Waals surface area contributed by atoms with Crippen LogP contribution in [0.4, 0.5) is 0 Å². The number of methoxy groups -OCH3 is 2. The maximum absolute atomic E-state index is 10.2. The van der Waals surface area contributed by atoms with Crippen molar-refractivity contribution < 1.29 is 33.3 Å². The second-order valence-corrected chi connectivity index (χ2v) is 10.7. The first kappa shape index (κ1) is 31.0. The van der Waals surface area contributed by atoms with Gasteiger partial charge in [0.1, 0.15) is 41.4 Å². The molecule has 2 heterocycles. The maximum Gasteiger partial charge on any atom is 0.341 e. The van der Waals surface area contributed by atoms with Crippen molar-refractivity contribution in [3.63, 3.8) is 0 Å². The minimum absolute atomic E-state index is 0.106. The number of rotatable bonds is 11. The van der Waals surface area contributed by atoms with Gasteiger partial charge in [0.15, 0.2) is 6.61 Å². The molecule has 1 aromatic heterocycles. The number of carboxylic acid groups (broad SMARTS) is 1. The van der Waals surface area contributed by atoms with Crippen molar-refractivity contribution in [3.05, 3.63) is 94.4 Å². The lowest BCUT2D eigenvalue weighted by molar-refractivity contribution is -0.139. The third-order valence-electron chi connectivity index (χ3n) is 5.74. The van der Waals surface area contributed by atoms with Gasteiger partial charge in [-0.05, 0) is 66.2 Å². The molecule has 4 aromatic rings. The van der Waals surface area contributed by atoms with Gasteiger partial charge in [0.25, 0.3) is 0 Å². The summed E-state index contributed by atoms with van der Waals surface area (Å²) >= 11 is 13.0. The van der Waals surface area contributed by atoms with Crippen molar-refractivity contribution in [2.75, 3.05) is 27.4 Å². The van der Waals surface area contributed by atoms with E-state index in [9.17, 15) is 4.79 Å². The van der Waals surface area contributed by atoms with Gasteiger partial charge in [-0.2, -0.15) is 0 Å². The molecule has 0 saturated carbocycles. The van der Waals surface area contributed by atoms with Crippen molar-refractivity contribution in [3.8, 4) is 23.0 Å². The van der Waals surface area contributed by atoms with Crippen LogP contribution in [0.15, 0.2) is 92.2 Å². The summed E-state index contributed by atoms with van der Waals surface area (Å²) in [6.07, 6.45) is 3.45. The molecule has 9 nitrogen and oxygen atoms in total. The van der Waals surface area contributed by atoms with Gasteiger partial charge in [0.2, 0.25) is 0 Å². The second-order valence-electron chi connectivity index (χ2n) is 8.70. The van der Waals surface area contributed by atoms with Crippen LogP contribution in [0.1, 0.15) is 17.4 Å². The van der Waals surface area contributed by atoms with E-state index < -0.39 is 12.6 Å². The van der Waals surface area contributed by atoms with Crippen LogP contribution >= 0.6 is 35.0 Å². The molecule has 0 bridgehead atoms. The van der Waals surface area contributed by atoms with Gasteiger partial charge in [-0.3, -0.25) is 4.99 Å². The fourth-order valence-corrected chi connectivity index (χ4v) is 5.14. The molecule has 1 aliphatic heterocycles. The number of halogens is 2. The number of furan rings is 1. The lowest BCUT2D eigenvalue weighted by Crippen LogP contribution is -2.15. The molecule has 0 fully saturated rings. The SMILES string of the molecule is COc1cc(COc2ccc(Sc3ccoc3C3CN=CN3)cc2)cc(OC)c1.O=C(O)COc1ccc(Cl)cc1Cl. The first-order chi connectivity index (χ1) is 20.3. The molecule has 2 N–H and O–H groups in total. The van der Waals surface area contributed by atoms with Crippen LogP contribution in [-0.4, -0.2) is 44.8 Å². The standard InChI is InChI=1S/C22H22N2O4S.C8H6Cl2O3/c1-25-17-9-15(10-18(11-17)26-2)13-28-16-3-5-19(6-4-16)29-21-7-8-27-22(21)20-12-23-14-24-20;9-5-1-2-7(6(10)3-5)13-4-8(11)12/h3-11,14,20H,12-13H2,1-2H3,(H,23,24);1-3H,4H2,(H,11,12). The lowest BCUT2D eigenvalue weighted by atomic mass is 10.2. The van der Waals surface area contributed by atoms with E-state index in [0.717, 1.165) is 38.4 Å². The molecule has 0 radical (unpaired) electrons. The maximum atomic E-state index is 10.2. The van der Waals surface area contributed by atoms with Crippen molar-refractivity contribution in [2.24, 2.45) is 4.99 Å². The number of benzene rings is 3. The first-order valence-electron chi connectivity index (χ1n) is 12.6. The molecule has 12 heteroatoms. The number of aliphatic carboxylic acids is 1. The number of hydrogen-bond acceptors (Lipinski definition) is 9. The summed E-state index contributed by atoms with van der Waals surface area (Å²) in [6.45, 7) is 0.712. The molecule has 1 unspecified atom stereocenters. The van der Waals surface area contributed by atoms with Crippen molar-refractivity contribution in [1.29, 1.82) is 0 Å². The highest BCUT2D eigenvalue weighted by Crippen LogP contribution is 2.35. The Morgan fingerprint density at radius 3 is 2.36 bits per heavy atom.